The van der Waals surface area contributed by atoms with E-state index in [-0.39, 0.29) is 19.1 Å². The van der Waals surface area contributed by atoms with Gasteiger partial charge in [-0.05, 0) is 0 Å². The van der Waals surface area contributed by atoms with Gasteiger partial charge in [-0.2, -0.15) is 0 Å². The van der Waals surface area contributed by atoms with Gasteiger partial charge < -0.3 is 33.9 Å². The summed E-state index contributed by atoms with van der Waals surface area (Å²) in [5.74, 6) is 0.337. The lowest BCUT2D eigenvalue weighted by Crippen LogP contribution is -2.49. The van der Waals surface area contributed by atoms with Gasteiger partial charge in [0.2, 0.25) is 5.79 Å². The first kappa shape index (κ1) is 16.8. The highest BCUT2D eigenvalue weighted by Crippen LogP contribution is 2.41. The molecule has 0 saturated carbocycles. The largest absolute Gasteiger partial charge is 0.496 e. The highest BCUT2D eigenvalue weighted by Gasteiger charge is 2.38. The highest BCUT2D eigenvalue weighted by molar-refractivity contribution is 5.52. The summed E-state index contributed by atoms with van der Waals surface area (Å²) in [5.41, 5.74) is 0.801. The van der Waals surface area contributed by atoms with Crippen LogP contribution in [0.15, 0.2) is 12.1 Å². The molecule has 0 bridgehead atoms. The van der Waals surface area contributed by atoms with Crippen molar-refractivity contribution in [3.63, 3.8) is 0 Å². The van der Waals surface area contributed by atoms with Crippen molar-refractivity contribution in [1.82, 2.24) is 0 Å². The number of hydrogen-bond acceptors (Lipinski definition) is 7. The summed E-state index contributed by atoms with van der Waals surface area (Å²) in [7, 11) is 4.69. The maximum atomic E-state index is 9.29. The number of benzene rings is 1. The zero-order chi connectivity index (χ0) is 16.2. The van der Waals surface area contributed by atoms with Crippen molar-refractivity contribution in [1.29, 1.82) is 0 Å². The van der Waals surface area contributed by atoms with E-state index in [1.54, 1.807) is 33.5 Å². The SMILES string of the molecule is COc1cc(OC)c(C2COC(CO)(CO)OC2)c(OC)c1. The fraction of sp³-hybridized carbons (Fsp3) is 0.600. The predicted molar refractivity (Wildman–Crippen MR) is 77.6 cm³/mol. The lowest BCUT2D eigenvalue weighted by Gasteiger charge is -2.38. The van der Waals surface area contributed by atoms with Crippen LogP contribution >= 0.6 is 0 Å². The monoisotopic (exact) mass is 314 g/mol. The minimum absolute atomic E-state index is 0.151. The number of methoxy groups -OCH3 is 3. The molecule has 1 saturated heterocycles. The molecule has 0 spiro atoms. The molecule has 0 atom stereocenters. The van der Waals surface area contributed by atoms with E-state index in [0.717, 1.165) is 5.56 Å². The van der Waals surface area contributed by atoms with Gasteiger partial charge in [-0.3, -0.25) is 0 Å². The van der Waals surface area contributed by atoms with E-state index in [9.17, 15) is 10.2 Å². The van der Waals surface area contributed by atoms with E-state index < -0.39 is 19.0 Å². The van der Waals surface area contributed by atoms with Gasteiger partial charge in [0.1, 0.15) is 17.2 Å². The summed E-state index contributed by atoms with van der Waals surface area (Å²) >= 11 is 0. The zero-order valence-corrected chi connectivity index (χ0v) is 13.0. The molecule has 0 radical (unpaired) electrons. The van der Waals surface area contributed by atoms with Gasteiger partial charge in [-0.1, -0.05) is 0 Å². The lowest BCUT2D eigenvalue weighted by molar-refractivity contribution is -0.300. The molecule has 0 aromatic heterocycles. The molecule has 1 aliphatic rings. The van der Waals surface area contributed by atoms with Gasteiger partial charge in [-0.25, -0.2) is 0 Å². The smallest absolute Gasteiger partial charge is 0.215 e. The summed E-state index contributed by atoms with van der Waals surface area (Å²) in [6.07, 6.45) is 0. The van der Waals surface area contributed by atoms with Gasteiger partial charge in [0.15, 0.2) is 0 Å². The maximum absolute atomic E-state index is 9.29. The van der Waals surface area contributed by atoms with Crippen LogP contribution in [-0.2, 0) is 9.47 Å². The number of ether oxygens (including phenoxy) is 5. The summed E-state index contributed by atoms with van der Waals surface area (Å²) in [5, 5.41) is 18.6. The summed E-state index contributed by atoms with van der Waals surface area (Å²) in [4.78, 5) is 0. The normalized spacial score (nSPS) is 18.0. The van der Waals surface area contributed by atoms with Crippen molar-refractivity contribution in [2.24, 2.45) is 0 Å². The third-order valence-electron chi connectivity index (χ3n) is 3.74. The molecule has 124 valence electrons. The number of rotatable bonds is 6. The van der Waals surface area contributed by atoms with Gasteiger partial charge in [0.05, 0.1) is 47.8 Å². The number of hydrogen-bond donors (Lipinski definition) is 2. The molecule has 7 nitrogen and oxygen atoms in total. The topological polar surface area (TPSA) is 86.6 Å². The Morgan fingerprint density at radius 1 is 1.00 bits per heavy atom. The van der Waals surface area contributed by atoms with Crippen molar-refractivity contribution in [2.45, 2.75) is 11.7 Å². The number of aliphatic hydroxyl groups excluding tert-OH is 2. The fourth-order valence-corrected chi connectivity index (χ4v) is 2.43. The molecule has 2 N–H and O–H groups in total. The van der Waals surface area contributed by atoms with Crippen LogP contribution in [0.1, 0.15) is 11.5 Å². The third kappa shape index (κ3) is 3.12. The van der Waals surface area contributed by atoms with E-state index in [1.165, 1.54) is 0 Å². The van der Waals surface area contributed by atoms with Crippen molar-refractivity contribution in [2.75, 3.05) is 47.8 Å². The van der Waals surface area contributed by atoms with Gasteiger partial charge >= 0.3 is 0 Å². The first-order chi connectivity index (χ1) is 10.6. The minimum atomic E-state index is -1.34. The molecule has 2 rings (SSSR count). The van der Waals surface area contributed by atoms with Crippen molar-refractivity contribution < 1.29 is 33.9 Å². The Hall–Kier alpha value is -1.54. The first-order valence-corrected chi connectivity index (χ1v) is 6.92. The Balaban J connectivity index is 2.29. The highest BCUT2D eigenvalue weighted by atomic mass is 16.7. The van der Waals surface area contributed by atoms with Crippen LogP contribution in [0.4, 0.5) is 0 Å². The minimum Gasteiger partial charge on any atom is -0.496 e. The second-order valence-corrected chi connectivity index (χ2v) is 4.99. The van der Waals surface area contributed by atoms with Crippen LogP contribution in [0.2, 0.25) is 0 Å². The second kappa shape index (κ2) is 7.15. The zero-order valence-electron chi connectivity index (χ0n) is 13.0. The molecule has 1 aromatic carbocycles. The predicted octanol–water partition coefficient (Wildman–Crippen LogP) is 0.524. The molecule has 1 aliphatic heterocycles. The summed E-state index contributed by atoms with van der Waals surface area (Å²) < 4.78 is 27.1. The molecule has 0 amide bonds. The average molecular weight is 314 g/mol. The maximum Gasteiger partial charge on any atom is 0.215 e. The van der Waals surface area contributed by atoms with E-state index in [2.05, 4.69) is 0 Å². The van der Waals surface area contributed by atoms with Gasteiger partial charge in [-0.15, -0.1) is 0 Å². The first-order valence-electron chi connectivity index (χ1n) is 6.92. The van der Waals surface area contributed by atoms with Crippen LogP contribution in [0, 0.1) is 0 Å². The Kier molecular flexibility index (Phi) is 5.47. The molecule has 7 heteroatoms. The fourth-order valence-electron chi connectivity index (χ4n) is 2.43. The van der Waals surface area contributed by atoms with E-state index in [1.807, 2.05) is 0 Å². The summed E-state index contributed by atoms with van der Waals surface area (Å²) in [6.45, 7) is -0.291. The molecule has 22 heavy (non-hydrogen) atoms. The van der Waals surface area contributed by atoms with E-state index >= 15 is 0 Å². The molecule has 1 fully saturated rings. The Morgan fingerprint density at radius 2 is 1.50 bits per heavy atom. The third-order valence-corrected chi connectivity index (χ3v) is 3.74. The molecule has 1 aromatic rings. The Labute approximate surface area is 129 Å². The van der Waals surface area contributed by atoms with E-state index in [4.69, 9.17) is 23.7 Å². The standard InChI is InChI=1S/C15H22O7/c1-18-11-4-12(19-2)14(13(5-11)20-3)10-6-21-15(8-16,9-17)22-7-10/h4-5,10,16-17H,6-9H2,1-3H3. The van der Waals surface area contributed by atoms with Gasteiger partial charge in [0.25, 0.3) is 0 Å². The quantitative estimate of drug-likeness (QED) is 0.792. The van der Waals surface area contributed by atoms with Crippen LogP contribution in [0.3, 0.4) is 0 Å². The van der Waals surface area contributed by atoms with Crippen molar-refractivity contribution in [3.05, 3.63) is 17.7 Å². The molecule has 1 heterocycles. The molecule has 0 unspecified atom stereocenters. The van der Waals surface area contributed by atoms with Crippen LogP contribution in [0.5, 0.6) is 17.2 Å². The Bertz CT molecular complexity index is 464. The average Bonchev–Trinajstić information content (AvgIpc) is 2.60. The van der Waals surface area contributed by atoms with Crippen LogP contribution < -0.4 is 14.2 Å². The van der Waals surface area contributed by atoms with Crippen LogP contribution in [-0.4, -0.2) is 63.8 Å². The van der Waals surface area contributed by atoms with Crippen LogP contribution in [0.25, 0.3) is 0 Å². The Morgan fingerprint density at radius 3 is 1.86 bits per heavy atom. The molecular formula is C15H22O7. The van der Waals surface area contributed by atoms with Crippen molar-refractivity contribution >= 4 is 0 Å². The van der Waals surface area contributed by atoms with Gasteiger partial charge in [0, 0.05) is 23.6 Å². The second-order valence-electron chi connectivity index (χ2n) is 4.99. The van der Waals surface area contributed by atoms with E-state index in [0.29, 0.717) is 17.2 Å². The molecule has 0 aliphatic carbocycles. The molecular weight excluding hydrogens is 292 g/mol. The number of aliphatic hydroxyl groups is 2. The lowest BCUT2D eigenvalue weighted by atomic mass is 9.97. The summed E-state index contributed by atoms with van der Waals surface area (Å²) in [6, 6.07) is 3.52. The van der Waals surface area contributed by atoms with Crippen molar-refractivity contribution in [3.8, 4) is 17.2 Å².